The second kappa shape index (κ2) is 11.1. The number of carbonyl (C=O) groups excluding carboxylic acids is 1. The highest BCUT2D eigenvalue weighted by Crippen LogP contribution is 2.38. The molecule has 0 atom stereocenters. The van der Waals surface area contributed by atoms with E-state index in [4.69, 9.17) is 4.52 Å². The number of unbranched alkanes of at least 4 members (excludes halogenated alkanes) is 2. The minimum atomic E-state index is -0.477. The fourth-order valence-corrected chi connectivity index (χ4v) is 4.27. The van der Waals surface area contributed by atoms with Crippen LogP contribution in [0, 0.1) is 0 Å². The van der Waals surface area contributed by atoms with Crippen LogP contribution < -0.4 is 4.90 Å². The number of carbonyl (C=O) groups is 1. The monoisotopic (exact) mass is 489 g/mol. The minimum absolute atomic E-state index is 0.0337. The summed E-state index contributed by atoms with van der Waals surface area (Å²) < 4.78 is 18.6. The Hall–Kier alpha value is -3.42. The summed E-state index contributed by atoms with van der Waals surface area (Å²) >= 11 is 0. The number of aryl methyl sites for hydroxylation is 1. The number of nitrogens with zero attached hydrogens (tertiary/aromatic N) is 5. The Morgan fingerprint density at radius 2 is 1.75 bits per heavy atom. The van der Waals surface area contributed by atoms with Crippen LogP contribution in [-0.2, 0) is 11.2 Å². The Morgan fingerprint density at radius 3 is 2.47 bits per heavy atom. The molecular weight excluding hydrogens is 457 g/mol. The first-order valence-corrected chi connectivity index (χ1v) is 13.0. The number of allylic oxidation sites excluding steroid dienone is 1. The Morgan fingerprint density at radius 1 is 1.00 bits per heavy atom. The fourth-order valence-electron chi connectivity index (χ4n) is 4.27. The van der Waals surface area contributed by atoms with Crippen LogP contribution in [0.5, 0.6) is 0 Å². The first-order chi connectivity index (χ1) is 17.6. The van der Waals surface area contributed by atoms with Gasteiger partial charge in [0.15, 0.2) is 5.82 Å². The van der Waals surface area contributed by atoms with Crippen molar-refractivity contribution >= 4 is 11.6 Å². The molecule has 0 spiro atoms. The summed E-state index contributed by atoms with van der Waals surface area (Å²) in [5, 5.41) is 4.07. The molecule has 2 saturated carbocycles. The number of aromatic nitrogens is 4. The van der Waals surface area contributed by atoms with Crippen LogP contribution in [0.25, 0.3) is 11.1 Å². The predicted molar refractivity (Wildman–Crippen MR) is 135 cm³/mol. The van der Waals surface area contributed by atoms with Crippen molar-refractivity contribution in [3.8, 4) is 11.1 Å². The minimum Gasteiger partial charge on any atom is -0.339 e. The lowest BCUT2D eigenvalue weighted by Crippen LogP contribution is -2.31. The number of anilines is 1. The molecule has 3 aromatic rings. The molecule has 0 aliphatic heterocycles. The smallest absolute Gasteiger partial charge is 0.227 e. The van der Waals surface area contributed by atoms with Gasteiger partial charge < -0.3 is 9.42 Å². The molecule has 2 fully saturated rings. The van der Waals surface area contributed by atoms with Gasteiger partial charge in [-0.15, -0.1) is 0 Å². The quantitative estimate of drug-likeness (QED) is 0.262. The van der Waals surface area contributed by atoms with Crippen LogP contribution in [0.2, 0.25) is 0 Å². The largest absolute Gasteiger partial charge is 0.339 e. The van der Waals surface area contributed by atoms with Crippen LogP contribution >= 0.6 is 0 Å². The van der Waals surface area contributed by atoms with E-state index in [1.165, 1.54) is 0 Å². The van der Waals surface area contributed by atoms with E-state index >= 15 is 0 Å². The summed E-state index contributed by atoms with van der Waals surface area (Å²) in [6.07, 6.45) is 11.8. The average molecular weight is 490 g/mol. The van der Waals surface area contributed by atoms with E-state index in [0.29, 0.717) is 24.3 Å². The molecule has 1 aromatic carbocycles. The van der Waals surface area contributed by atoms with Crippen molar-refractivity contribution in [3.63, 3.8) is 0 Å². The summed E-state index contributed by atoms with van der Waals surface area (Å²) in [5.74, 6) is 2.83. The van der Waals surface area contributed by atoms with E-state index in [9.17, 15) is 9.18 Å². The molecule has 7 nitrogen and oxygen atoms in total. The highest BCUT2D eigenvalue weighted by Gasteiger charge is 2.28. The molecule has 0 unspecified atom stereocenters. The topological polar surface area (TPSA) is 85.0 Å². The van der Waals surface area contributed by atoms with E-state index in [2.05, 4.69) is 26.7 Å². The van der Waals surface area contributed by atoms with Gasteiger partial charge in [-0.25, -0.2) is 14.4 Å². The molecule has 188 valence electrons. The SMILES string of the molecule is C=C(F)CCC(=O)N(CCCCCc1nc(C2CC2)no1)c1cccc(-c2cnc(C3CC3)nc2)c1. The lowest BCUT2D eigenvalue weighted by atomic mass is 10.1. The zero-order valence-corrected chi connectivity index (χ0v) is 20.5. The number of rotatable bonds is 13. The van der Waals surface area contributed by atoms with Gasteiger partial charge in [-0.3, -0.25) is 4.79 Å². The van der Waals surface area contributed by atoms with Gasteiger partial charge in [0.05, 0.1) is 5.83 Å². The molecule has 0 saturated heterocycles. The molecule has 5 rings (SSSR count). The van der Waals surface area contributed by atoms with E-state index < -0.39 is 5.83 Å². The van der Waals surface area contributed by atoms with Crippen LogP contribution in [0.4, 0.5) is 10.1 Å². The van der Waals surface area contributed by atoms with Crippen LogP contribution in [0.1, 0.15) is 87.2 Å². The van der Waals surface area contributed by atoms with Crippen molar-refractivity contribution in [2.24, 2.45) is 0 Å². The summed E-state index contributed by atoms with van der Waals surface area (Å²) in [4.78, 5) is 28.3. The maximum Gasteiger partial charge on any atom is 0.227 e. The molecule has 2 heterocycles. The standard InChI is InChI=1S/C28H32FN5O2/c1-19(29)9-14-26(35)34(15-4-2-3-8-25-32-28(33-36-25)21-12-13-21)24-7-5-6-22(16-24)23-17-30-27(31-18-23)20-10-11-20/h5-7,16-18,20-21H,1-4,8-15H2. The second-order valence-corrected chi connectivity index (χ2v) is 9.85. The summed E-state index contributed by atoms with van der Waals surface area (Å²) in [7, 11) is 0. The number of benzene rings is 1. The van der Waals surface area contributed by atoms with Crippen LogP contribution in [0.15, 0.2) is 53.6 Å². The van der Waals surface area contributed by atoms with E-state index in [-0.39, 0.29) is 18.7 Å². The number of hydrogen-bond acceptors (Lipinski definition) is 6. The summed E-state index contributed by atoms with van der Waals surface area (Å²) in [6.45, 7) is 3.85. The molecular formula is C28H32FN5O2. The summed E-state index contributed by atoms with van der Waals surface area (Å²) in [6, 6.07) is 7.82. The van der Waals surface area contributed by atoms with Gasteiger partial charge in [0, 0.05) is 61.3 Å². The third-order valence-electron chi connectivity index (χ3n) is 6.72. The normalized spacial score (nSPS) is 15.1. The third-order valence-corrected chi connectivity index (χ3v) is 6.72. The van der Waals surface area contributed by atoms with Gasteiger partial charge in [0.2, 0.25) is 11.8 Å². The molecule has 2 aliphatic rings. The van der Waals surface area contributed by atoms with Gasteiger partial charge >= 0.3 is 0 Å². The lowest BCUT2D eigenvalue weighted by molar-refractivity contribution is -0.118. The molecule has 2 aliphatic carbocycles. The van der Waals surface area contributed by atoms with Crippen molar-refractivity contribution in [1.29, 1.82) is 0 Å². The van der Waals surface area contributed by atoms with E-state index in [1.807, 2.05) is 36.7 Å². The zero-order chi connectivity index (χ0) is 24.9. The average Bonchev–Trinajstić information content (AvgIpc) is 3.83. The van der Waals surface area contributed by atoms with Crippen molar-refractivity contribution in [2.75, 3.05) is 11.4 Å². The molecule has 0 radical (unpaired) electrons. The maximum atomic E-state index is 13.3. The van der Waals surface area contributed by atoms with Crippen molar-refractivity contribution in [3.05, 3.63) is 66.6 Å². The highest BCUT2D eigenvalue weighted by atomic mass is 19.1. The molecule has 36 heavy (non-hydrogen) atoms. The molecule has 8 heteroatoms. The van der Waals surface area contributed by atoms with Gasteiger partial charge in [-0.05, 0) is 56.2 Å². The fraction of sp³-hybridized carbons (Fsp3) is 0.464. The molecule has 0 N–H and O–H groups in total. The van der Waals surface area contributed by atoms with Crippen LogP contribution in [0.3, 0.4) is 0 Å². The molecule has 0 bridgehead atoms. The maximum absolute atomic E-state index is 13.3. The molecule has 1 amide bonds. The second-order valence-electron chi connectivity index (χ2n) is 9.85. The van der Waals surface area contributed by atoms with Crippen molar-refractivity contribution in [2.45, 2.75) is 76.0 Å². The first-order valence-electron chi connectivity index (χ1n) is 13.0. The number of amides is 1. The number of halogens is 1. The highest BCUT2D eigenvalue weighted by molar-refractivity contribution is 5.94. The lowest BCUT2D eigenvalue weighted by Gasteiger charge is -2.23. The van der Waals surface area contributed by atoms with Crippen molar-refractivity contribution < 1.29 is 13.7 Å². The van der Waals surface area contributed by atoms with E-state index in [0.717, 1.165) is 79.8 Å². The van der Waals surface area contributed by atoms with Gasteiger partial charge in [-0.2, -0.15) is 4.98 Å². The Labute approximate surface area is 210 Å². The summed E-state index contributed by atoms with van der Waals surface area (Å²) in [5.41, 5.74) is 2.65. The molecule has 2 aromatic heterocycles. The first kappa shape index (κ1) is 24.3. The Bertz CT molecular complexity index is 1200. The van der Waals surface area contributed by atoms with Crippen LogP contribution in [-0.4, -0.2) is 32.6 Å². The van der Waals surface area contributed by atoms with Gasteiger partial charge in [0.1, 0.15) is 5.82 Å². The Balaban J connectivity index is 1.21. The predicted octanol–water partition coefficient (Wildman–Crippen LogP) is 6.29. The third kappa shape index (κ3) is 6.42. The van der Waals surface area contributed by atoms with Gasteiger partial charge in [-0.1, -0.05) is 30.3 Å². The zero-order valence-electron chi connectivity index (χ0n) is 20.5. The van der Waals surface area contributed by atoms with Crippen molar-refractivity contribution in [1.82, 2.24) is 20.1 Å². The van der Waals surface area contributed by atoms with E-state index in [1.54, 1.807) is 4.90 Å². The Kier molecular flexibility index (Phi) is 7.49. The van der Waals surface area contributed by atoms with Gasteiger partial charge in [0.25, 0.3) is 0 Å². The number of hydrogen-bond donors (Lipinski definition) is 0.